The van der Waals surface area contributed by atoms with E-state index in [-0.39, 0.29) is 0 Å². The minimum atomic E-state index is -0.937. The Kier molecular flexibility index (Phi) is 5.71. The predicted octanol–water partition coefficient (Wildman–Crippen LogP) is 4.59. The molecular weight excluding hydrogens is 368 g/mol. The van der Waals surface area contributed by atoms with Gasteiger partial charge in [0.2, 0.25) is 0 Å². The minimum Gasteiger partial charge on any atom is -0.453 e. The lowest BCUT2D eigenvalue weighted by molar-refractivity contribution is -0.162. The molecule has 0 aliphatic carbocycles. The molecule has 0 bridgehead atoms. The molecule has 2 aromatic rings. The Bertz CT molecular complexity index is 877. The van der Waals surface area contributed by atoms with E-state index in [1.807, 2.05) is 31.2 Å². The number of halogens is 1. The molecule has 1 aliphatic heterocycles. The van der Waals surface area contributed by atoms with Gasteiger partial charge in [-0.15, -0.1) is 11.6 Å². The molecule has 0 fully saturated rings. The van der Waals surface area contributed by atoms with Crippen LogP contribution in [0, 0.1) is 0 Å². The largest absolute Gasteiger partial charge is 0.453 e. The van der Waals surface area contributed by atoms with Crippen molar-refractivity contribution in [1.29, 1.82) is 0 Å². The molecule has 0 radical (unpaired) electrons. The van der Waals surface area contributed by atoms with Crippen LogP contribution in [0.15, 0.2) is 36.4 Å². The molecule has 2 atom stereocenters. The number of hydrogen-bond acceptors (Lipinski definition) is 5. The highest BCUT2D eigenvalue weighted by molar-refractivity contribution is 6.17. The summed E-state index contributed by atoms with van der Waals surface area (Å²) in [4.78, 5) is 23.5. The summed E-state index contributed by atoms with van der Waals surface area (Å²) < 4.78 is 17.2. The molecule has 2 aromatic carbocycles. The van der Waals surface area contributed by atoms with Crippen molar-refractivity contribution < 1.29 is 23.8 Å². The van der Waals surface area contributed by atoms with Crippen molar-refractivity contribution in [2.24, 2.45) is 0 Å². The highest BCUT2D eigenvalue weighted by Crippen LogP contribution is 2.44. The van der Waals surface area contributed by atoms with Crippen molar-refractivity contribution in [2.45, 2.75) is 45.5 Å². The number of rotatable bonds is 4. The van der Waals surface area contributed by atoms with E-state index < -0.39 is 24.3 Å². The average molecular weight is 389 g/mol. The van der Waals surface area contributed by atoms with Gasteiger partial charge in [0, 0.05) is 36.4 Å². The third kappa shape index (κ3) is 3.93. The summed E-state index contributed by atoms with van der Waals surface area (Å²) in [5.74, 6) is -0.0621. The quantitative estimate of drug-likeness (QED) is 0.566. The number of aryl methyl sites for hydroxylation is 1. The highest BCUT2D eigenvalue weighted by atomic mass is 35.5. The molecule has 1 aliphatic rings. The fourth-order valence-corrected chi connectivity index (χ4v) is 3.49. The van der Waals surface area contributed by atoms with E-state index in [0.29, 0.717) is 23.6 Å². The average Bonchev–Trinajstić information content (AvgIpc) is 2.76. The van der Waals surface area contributed by atoms with Gasteiger partial charge in [-0.1, -0.05) is 37.3 Å². The molecule has 3 rings (SSSR count). The van der Waals surface area contributed by atoms with Crippen molar-refractivity contribution in [1.82, 2.24) is 0 Å². The van der Waals surface area contributed by atoms with Gasteiger partial charge in [-0.3, -0.25) is 9.59 Å². The first-order valence-corrected chi connectivity index (χ1v) is 9.29. The van der Waals surface area contributed by atoms with E-state index in [4.69, 9.17) is 25.8 Å². The first-order valence-electron chi connectivity index (χ1n) is 8.76. The summed E-state index contributed by atoms with van der Waals surface area (Å²) in [5, 5.41) is 0. The van der Waals surface area contributed by atoms with E-state index in [1.54, 1.807) is 12.1 Å². The van der Waals surface area contributed by atoms with Crippen molar-refractivity contribution in [3.05, 3.63) is 64.2 Å². The Labute approximate surface area is 163 Å². The second kappa shape index (κ2) is 8.01. The van der Waals surface area contributed by atoms with Crippen LogP contribution in [0.1, 0.15) is 61.0 Å². The van der Waals surface area contributed by atoms with Crippen LogP contribution in [-0.4, -0.2) is 11.9 Å². The van der Waals surface area contributed by atoms with E-state index in [1.165, 1.54) is 13.8 Å². The van der Waals surface area contributed by atoms with Gasteiger partial charge >= 0.3 is 11.9 Å². The number of esters is 2. The third-order valence-corrected chi connectivity index (χ3v) is 4.72. The van der Waals surface area contributed by atoms with Gasteiger partial charge in [-0.25, -0.2) is 0 Å². The number of ether oxygens (including phenoxy) is 3. The minimum absolute atomic E-state index is 0.313. The molecule has 5 nitrogen and oxygen atoms in total. The van der Waals surface area contributed by atoms with E-state index in [2.05, 4.69) is 0 Å². The fourth-order valence-electron chi connectivity index (χ4n) is 3.34. The molecule has 0 spiro atoms. The second-order valence-electron chi connectivity index (χ2n) is 6.33. The molecule has 142 valence electrons. The number of alkyl halides is 1. The number of carbonyl (C=O) groups is 2. The Morgan fingerprint density at radius 2 is 1.74 bits per heavy atom. The van der Waals surface area contributed by atoms with Crippen LogP contribution >= 0.6 is 11.6 Å². The summed E-state index contributed by atoms with van der Waals surface area (Å²) in [6.07, 6.45) is -0.893. The lowest BCUT2D eigenvalue weighted by Crippen LogP contribution is -2.16. The Hall–Kier alpha value is -2.53. The number of benzene rings is 2. The van der Waals surface area contributed by atoms with Crippen molar-refractivity contribution >= 4 is 23.5 Å². The van der Waals surface area contributed by atoms with E-state index >= 15 is 0 Å². The van der Waals surface area contributed by atoms with Gasteiger partial charge in [0.15, 0.2) is 6.10 Å². The van der Waals surface area contributed by atoms with Gasteiger partial charge in [-0.2, -0.15) is 0 Å². The summed E-state index contributed by atoms with van der Waals surface area (Å²) in [7, 11) is 0. The molecule has 0 N–H and O–H groups in total. The molecule has 27 heavy (non-hydrogen) atoms. The van der Waals surface area contributed by atoms with Crippen molar-refractivity contribution in [3.63, 3.8) is 0 Å². The number of fused-ring (bicyclic) bond motifs is 2. The van der Waals surface area contributed by atoms with Crippen LogP contribution in [0.5, 0.6) is 5.75 Å². The molecule has 2 unspecified atom stereocenters. The Morgan fingerprint density at radius 1 is 1.07 bits per heavy atom. The van der Waals surface area contributed by atoms with Crippen LogP contribution in [-0.2, 0) is 31.4 Å². The fraction of sp³-hybridized carbons (Fsp3) is 0.333. The summed E-state index contributed by atoms with van der Waals surface area (Å²) in [6, 6.07) is 11.1. The number of hydrogen-bond donors (Lipinski definition) is 0. The topological polar surface area (TPSA) is 61.8 Å². The van der Waals surface area contributed by atoms with Gasteiger partial charge in [0.25, 0.3) is 6.29 Å². The zero-order valence-corrected chi connectivity index (χ0v) is 16.2. The standard InChI is InChI=1S/C21H21ClO5/c1-4-15-9-14(11-22)10-18-19(15)20(25-12(2)23)16-7-5-6-8-17(16)21(27-18)26-13(3)24/h5-10,20-21H,4,11H2,1-3H3. The summed E-state index contributed by atoms with van der Waals surface area (Å²) in [6.45, 7) is 4.71. The smallest absolute Gasteiger partial charge is 0.305 e. The van der Waals surface area contributed by atoms with Crippen LogP contribution in [0.2, 0.25) is 0 Å². The molecule has 0 saturated carbocycles. The van der Waals surface area contributed by atoms with Crippen molar-refractivity contribution in [3.8, 4) is 5.75 Å². The summed E-state index contributed by atoms with van der Waals surface area (Å²) >= 11 is 6.04. The van der Waals surface area contributed by atoms with Crippen LogP contribution in [0.25, 0.3) is 0 Å². The van der Waals surface area contributed by atoms with Gasteiger partial charge < -0.3 is 14.2 Å². The lowest BCUT2D eigenvalue weighted by atomic mass is 9.91. The predicted molar refractivity (Wildman–Crippen MR) is 101 cm³/mol. The first-order chi connectivity index (χ1) is 12.9. The first kappa shape index (κ1) is 19.2. The van der Waals surface area contributed by atoms with E-state index in [9.17, 15) is 9.59 Å². The molecule has 1 heterocycles. The third-order valence-electron chi connectivity index (χ3n) is 4.41. The Balaban J connectivity index is 2.28. The lowest BCUT2D eigenvalue weighted by Gasteiger charge is -2.22. The van der Waals surface area contributed by atoms with Crippen molar-refractivity contribution in [2.75, 3.05) is 0 Å². The van der Waals surface area contributed by atoms with Crippen LogP contribution < -0.4 is 4.74 Å². The van der Waals surface area contributed by atoms with Crippen LogP contribution in [0.3, 0.4) is 0 Å². The van der Waals surface area contributed by atoms with Gasteiger partial charge in [0.1, 0.15) is 5.75 Å². The molecule has 0 amide bonds. The van der Waals surface area contributed by atoms with Crippen LogP contribution in [0.4, 0.5) is 0 Å². The maximum atomic E-state index is 11.9. The monoisotopic (exact) mass is 388 g/mol. The Morgan fingerprint density at radius 3 is 2.33 bits per heavy atom. The SMILES string of the molecule is CCc1cc(CCl)cc2c1C(OC(C)=O)c1ccccc1C(OC(C)=O)O2. The molecule has 0 saturated heterocycles. The molecular formula is C21H21ClO5. The summed E-state index contributed by atoms with van der Waals surface area (Å²) in [5.41, 5.74) is 3.97. The van der Waals surface area contributed by atoms with E-state index in [0.717, 1.165) is 22.3 Å². The zero-order chi connectivity index (χ0) is 19.6. The maximum absolute atomic E-state index is 11.9. The second-order valence-corrected chi connectivity index (χ2v) is 6.60. The van der Waals surface area contributed by atoms with Gasteiger partial charge in [-0.05, 0) is 23.6 Å². The molecule has 6 heteroatoms. The molecule has 0 aromatic heterocycles. The normalized spacial score (nSPS) is 17.8. The maximum Gasteiger partial charge on any atom is 0.305 e. The zero-order valence-electron chi connectivity index (χ0n) is 15.5. The number of carbonyl (C=O) groups excluding carboxylic acids is 2. The van der Waals surface area contributed by atoms with Gasteiger partial charge in [0.05, 0.1) is 0 Å². The highest BCUT2D eigenvalue weighted by Gasteiger charge is 2.35.